The zero-order valence-corrected chi connectivity index (χ0v) is 39.2. The maximum atomic E-state index is 12.7. The number of hydrogen-bond donors (Lipinski definition) is 0. The maximum Gasteiger partial charge on any atom is 0.306 e. The fourth-order valence-electron chi connectivity index (χ4n) is 6.38. The van der Waals surface area contributed by atoms with Crippen molar-refractivity contribution in [2.75, 3.05) is 19.8 Å². The van der Waals surface area contributed by atoms with Gasteiger partial charge in [0, 0.05) is 19.4 Å². The zero-order valence-electron chi connectivity index (χ0n) is 39.2. The molecule has 0 aromatic carbocycles. The molecular formula is C55H92O5. The fourth-order valence-corrected chi connectivity index (χ4v) is 6.38. The molecule has 0 N–H and O–H groups in total. The van der Waals surface area contributed by atoms with E-state index in [1.807, 2.05) is 0 Å². The fraction of sp³-hybridized carbons (Fsp3) is 0.673. The van der Waals surface area contributed by atoms with Gasteiger partial charge in [-0.3, -0.25) is 9.59 Å². The highest BCUT2D eigenvalue weighted by Crippen LogP contribution is 2.12. The topological polar surface area (TPSA) is 61.8 Å². The van der Waals surface area contributed by atoms with Crippen LogP contribution < -0.4 is 0 Å². The maximum absolute atomic E-state index is 12.7. The van der Waals surface area contributed by atoms with E-state index in [9.17, 15) is 9.59 Å². The lowest BCUT2D eigenvalue weighted by Crippen LogP contribution is -2.30. The highest BCUT2D eigenvalue weighted by Gasteiger charge is 2.17. The normalized spacial score (nSPS) is 13.1. The molecule has 0 aliphatic heterocycles. The molecular weight excluding hydrogens is 741 g/mol. The predicted octanol–water partition coefficient (Wildman–Crippen LogP) is 16.7. The molecule has 0 bridgehead atoms. The van der Waals surface area contributed by atoms with E-state index in [0.717, 1.165) is 103 Å². The van der Waals surface area contributed by atoms with Crippen molar-refractivity contribution in [1.29, 1.82) is 0 Å². The quantitative estimate of drug-likeness (QED) is 0.0348. The van der Waals surface area contributed by atoms with Gasteiger partial charge in [0.25, 0.3) is 0 Å². The lowest BCUT2D eigenvalue weighted by atomic mass is 10.1. The van der Waals surface area contributed by atoms with Crippen molar-refractivity contribution in [3.8, 4) is 0 Å². The average molecular weight is 833 g/mol. The second-order valence-corrected chi connectivity index (χ2v) is 16.0. The van der Waals surface area contributed by atoms with E-state index in [1.54, 1.807) is 0 Å². The van der Waals surface area contributed by atoms with Gasteiger partial charge in [-0.1, -0.05) is 189 Å². The second-order valence-electron chi connectivity index (χ2n) is 16.0. The summed E-state index contributed by atoms with van der Waals surface area (Å²) in [4.78, 5) is 25.3. The molecule has 0 amide bonds. The van der Waals surface area contributed by atoms with Crippen molar-refractivity contribution in [3.63, 3.8) is 0 Å². The minimum Gasteiger partial charge on any atom is -0.462 e. The van der Waals surface area contributed by atoms with Crippen LogP contribution in [-0.4, -0.2) is 37.9 Å². The lowest BCUT2D eigenvalue weighted by Gasteiger charge is -2.18. The van der Waals surface area contributed by atoms with Crippen LogP contribution >= 0.6 is 0 Å². The Morgan fingerprint density at radius 3 is 1.27 bits per heavy atom. The number of carbonyl (C=O) groups excluding carboxylic acids is 2. The van der Waals surface area contributed by atoms with E-state index in [0.29, 0.717) is 19.4 Å². The number of ether oxygens (including phenoxy) is 3. The van der Waals surface area contributed by atoms with Crippen molar-refractivity contribution >= 4 is 11.9 Å². The van der Waals surface area contributed by atoms with E-state index in [-0.39, 0.29) is 25.2 Å². The van der Waals surface area contributed by atoms with Gasteiger partial charge in [-0.15, -0.1) is 0 Å². The molecule has 0 saturated heterocycles. The Morgan fingerprint density at radius 1 is 0.383 bits per heavy atom. The molecule has 5 heteroatoms. The molecule has 0 heterocycles. The number of rotatable bonds is 44. The molecule has 0 spiro atoms. The van der Waals surface area contributed by atoms with Crippen molar-refractivity contribution < 1.29 is 23.8 Å². The van der Waals surface area contributed by atoms with Gasteiger partial charge in [0.1, 0.15) is 6.61 Å². The van der Waals surface area contributed by atoms with Crippen molar-refractivity contribution in [3.05, 3.63) is 97.2 Å². The van der Waals surface area contributed by atoms with Gasteiger partial charge in [0.2, 0.25) is 0 Å². The summed E-state index contributed by atoms with van der Waals surface area (Å²) in [5, 5.41) is 0. The lowest BCUT2D eigenvalue weighted by molar-refractivity contribution is -0.163. The molecule has 0 saturated carbocycles. The van der Waals surface area contributed by atoms with Gasteiger partial charge in [0.05, 0.1) is 6.61 Å². The number of hydrogen-bond acceptors (Lipinski definition) is 5. The van der Waals surface area contributed by atoms with Crippen LogP contribution in [0.2, 0.25) is 0 Å². The van der Waals surface area contributed by atoms with Crippen LogP contribution in [0, 0.1) is 0 Å². The van der Waals surface area contributed by atoms with Crippen molar-refractivity contribution in [2.45, 2.75) is 219 Å². The Hall–Kier alpha value is -3.18. The van der Waals surface area contributed by atoms with E-state index >= 15 is 0 Å². The number of esters is 2. The summed E-state index contributed by atoms with van der Waals surface area (Å²) in [5.74, 6) is -0.456. The first-order valence-electron chi connectivity index (χ1n) is 24.8. The minimum absolute atomic E-state index is 0.0499. The standard InChI is InChI=1S/C55H92O5/c1-4-7-10-13-16-19-22-24-25-26-27-28-29-30-32-35-38-41-44-47-50-58-51-53(60-55(57)49-46-43-40-37-33-21-18-15-12-9-6-3)52-59-54(56)48-45-42-39-36-34-31-23-20-17-14-11-8-5-2/h7,10,15-16,18-20,23-25,27-28,30,32,38,41,53H,4-6,8-9,11-14,17,21-22,26,29,31,33-37,39-40,42-52H2,1-3H3/b10-7-,18-15-,19-16-,23-20-,25-24-,28-27-,32-30-,41-38-. The molecule has 0 radical (unpaired) electrons. The molecule has 0 aromatic rings. The molecule has 5 nitrogen and oxygen atoms in total. The first kappa shape index (κ1) is 56.8. The highest BCUT2D eigenvalue weighted by molar-refractivity contribution is 5.70. The van der Waals surface area contributed by atoms with Gasteiger partial charge in [-0.2, -0.15) is 0 Å². The molecule has 0 fully saturated rings. The van der Waals surface area contributed by atoms with Gasteiger partial charge in [0.15, 0.2) is 6.10 Å². The van der Waals surface area contributed by atoms with E-state index < -0.39 is 6.10 Å². The molecule has 1 atom stereocenters. The van der Waals surface area contributed by atoms with Gasteiger partial charge in [-0.05, 0) is 109 Å². The Labute approximate surface area is 371 Å². The summed E-state index contributed by atoms with van der Waals surface area (Å²) in [7, 11) is 0. The van der Waals surface area contributed by atoms with Crippen LogP contribution in [0.25, 0.3) is 0 Å². The largest absolute Gasteiger partial charge is 0.462 e. The highest BCUT2D eigenvalue weighted by atomic mass is 16.6. The summed E-state index contributed by atoms with van der Waals surface area (Å²) in [6.45, 7) is 7.49. The van der Waals surface area contributed by atoms with Gasteiger partial charge < -0.3 is 14.2 Å². The third-order valence-corrected chi connectivity index (χ3v) is 10.1. The van der Waals surface area contributed by atoms with Crippen LogP contribution in [-0.2, 0) is 23.8 Å². The molecule has 1 unspecified atom stereocenters. The van der Waals surface area contributed by atoms with Crippen LogP contribution in [0.4, 0.5) is 0 Å². The van der Waals surface area contributed by atoms with Crippen LogP contribution in [0.15, 0.2) is 97.2 Å². The van der Waals surface area contributed by atoms with Crippen molar-refractivity contribution in [1.82, 2.24) is 0 Å². The Bertz CT molecular complexity index is 1170. The summed E-state index contributed by atoms with van der Waals surface area (Å²) < 4.78 is 17.3. The number of allylic oxidation sites excluding steroid dienone is 16. The molecule has 0 aromatic heterocycles. The Balaban J connectivity index is 4.38. The SMILES string of the molecule is CC/C=C\C/C=C\C/C=C\C/C=C\C/C=C\C/C=C\CCCOCC(COC(=O)CCCCCCC/C=C\CCCCCC)OC(=O)CCCCCCC/C=C\CCCC. The number of carbonyl (C=O) groups is 2. The van der Waals surface area contributed by atoms with E-state index in [1.165, 1.54) is 77.0 Å². The van der Waals surface area contributed by atoms with Crippen LogP contribution in [0.3, 0.4) is 0 Å². The van der Waals surface area contributed by atoms with E-state index in [4.69, 9.17) is 14.2 Å². The first-order valence-corrected chi connectivity index (χ1v) is 24.8. The third kappa shape index (κ3) is 47.5. The smallest absolute Gasteiger partial charge is 0.306 e. The molecule has 0 aliphatic rings. The Kier molecular flexibility index (Phi) is 47.5. The summed E-state index contributed by atoms with van der Waals surface area (Å²) >= 11 is 0. The summed E-state index contributed by atoms with van der Waals surface area (Å²) in [6, 6.07) is 0. The van der Waals surface area contributed by atoms with E-state index in [2.05, 4.69) is 118 Å². The second kappa shape index (κ2) is 50.2. The predicted molar refractivity (Wildman–Crippen MR) is 260 cm³/mol. The molecule has 0 aliphatic carbocycles. The zero-order chi connectivity index (χ0) is 43.5. The Morgan fingerprint density at radius 2 is 0.767 bits per heavy atom. The monoisotopic (exact) mass is 833 g/mol. The van der Waals surface area contributed by atoms with Gasteiger partial charge in [-0.25, -0.2) is 0 Å². The molecule has 342 valence electrons. The van der Waals surface area contributed by atoms with Crippen molar-refractivity contribution in [2.24, 2.45) is 0 Å². The first-order chi connectivity index (χ1) is 29.6. The van der Waals surface area contributed by atoms with Crippen LogP contribution in [0.1, 0.15) is 213 Å². The minimum atomic E-state index is -0.577. The number of unbranched alkanes of at least 4 members (excludes halogenated alkanes) is 17. The summed E-state index contributed by atoms with van der Waals surface area (Å²) in [5.41, 5.74) is 0. The average Bonchev–Trinajstić information content (AvgIpc) is 3.25. The van der Waals surface area contributed by atoms with Crippen LogP contribution in [0.5, 0.6) is 0 Å². The summed E-state index contributed by atoms with van der Waals surface area (Å²) in [6.07, 6.45) is 67.1. The molecule has 0 rings (SSSR count). The third-order valence-electron chi connectivity index (χ3n) is 10.1. The molecule has 60 heavy (non-hydrogen) atoms. The van der Waals surface area contributed by atoms with Gasteiger partial charge >= 0.3 is 11.9 Å².